The molecule has 0 N–H and O–H groups in total. The summed E-state index contributed by atoms with van der Waals surface area (Å²) in [4.78, 5) is 16.6. The fraction of sp³-hybridized carbons (Fsp3) is 0.0500. The summed E-state index contributed by atoms with van der Waals surface area (Å²) in [5.41, 5.74) is 1.69. The number of nitrogens with zero attached hydrogens (tertiary/aromatic N) is 1. The van der Waals surface area contributed by atoms with Gasteiger partial charge in [0.2, 0.25) is 0 Å². The summed E-state index contributed by atoms with van der Waals surface area (Å²) < 4.78 is 18.5. The number of rotatable bonds is 3. The number of hydrogen-bond acceptors (Lipinski definition) is 3. The molecule has 0 fully saturated rings. The van der Waals surface area contributed by atoms with Gasteiger partial charge in [-0.25, -0.2) is 4.39 Å². The Balaban J connectivity index is 1.62. The zero-order chi connectivity index (χ0) is 17.2. The minimum Gasteiger partial charge on any atom is -0.484 e. The topological polar surface area (TPSA) is 29.5 Å². The van der Waals surface area contributed by atoms with Crippen molar-refractivity contribution < 1.29 is 13.9 Å². The molecule has 1 amide bonds. The quantitative estimate of drug-likeness (QED) is 0.662. The maximum atomic E-state index is 13.0. The van der Waals surface area contributed by atoms with E-state index in [0.29, 0.717) is 5.75 Å². The maximum Gasteiger partial charge on any atom is 0.269 e. The normalized spacial score (nSPS) is 12.3. The van der Waals surface area contributed by atoms with E-state index in [1.54, 1.807) is 16.7 Å². The fourth-order valence-corrected chi connectivity index (χ4v) is 3.77. The molecule has 0 saturated carbocycles. The van der Waals surface area contributed by atoms with Crippen molar-refractivity contribution in [1.82, 2.24) is 0 Å². The van der Waals surface area contributed by atoms with Crippen LogP contribution in [0, 0.1) is 5.82 Å². The average Bonchev–Trinajstić information content (AvgIpc) is 2.65. The molecule has 25 heavy (non-hydrogen) atoms. The Labute approximate surface area is 149 Å². The van der Waals surface area contributed by atoms with Gasteiger partial charge in [0.05, 0.1) is 11.4 Å². The maximum absolute atomic E-state index is 13.0. The summed E-state index contributed by atoms with van der Waals surface area (Å²) in [7, 11) is 0. The number of benzene rings is 3. The van der Waals surface area contributed by atoms with E-state index in [1.807, 2.05) is 48.5 Å². The molecule has 0 bridgehead atoms. The van der Waals surface area contributed by atoms with E-state index in [2.05, 4.69) is 0 Å². The lowest BCUT2D eigenvalue weighted by atomic mass is 10.2. The Bertz CT molecular complexity index is 881. The van der Waals surface area contributed by atoms with Crippen LogP contribution >= 0.6 is 11.8 Å². The molecule has 1 aliphatic heterocycles. The Morgan fingerprint density at radius 2 is 1.44 bits per heavy atom. The SMILES string of the molecule is O=C(COc1ccc(F)cc1)N1c2ccccc2Sc2ccccc21. The van der Waals surface area contributed by atoms with Gasteiger partial charge in [0.25, 0.3) is 5.91 Å². The molecule has 0 spiro atoms. The molecule has 1 aliphatic rings. The van der Waals surface area contributed by atoms with E-state index in [-0.39, 0.29) is 18.3 Å². The van der Waals surface area contributed by atoms with Gasteiger partial charge in [-0.05, 0) is 48.5 Å². The summed E-state index contributed by atoms with van der Waals surface area (Å²) in [6.07, 6.45) is 0. The molecule has 4 rings (SSSR count). The van der Waals surface area contributed by atoms with Gasteiger partial charge in [0, 0.05) is 9.79 Å². The van der Waals surface area contributed by atoms with Gasteiger partial charge in [0.1, 0.15) is 11.6 Å². The van der Waals surface area contributed by atoms with Crippen LogP contribution in [0.3, 0.4) is 0 Å². The van der Waals surface area contributed by atoms with Gasteiger partial charge in [-0.1, -0.05) is 36.0 Å². The van der Waals surface area contributed by atoms with E-state index < -0.39 is 0 Å². The van der Waals surface area contributed by atoms with Crippen LogP contribution < -0.4 is 9.64 Å². The van der Waals surface area contributed by atoms with Crippen molar-refractivity contribution in [1.29, 1.82) is 0 Å². The molecule has 0 aliphatic carbocycles. The second kappa shape index (κ2) is 6.61. The van der Waals surface area contributed by atoms with Crippen molar-refractivity contribution in [2.45, 2.75) is 9.79 Å². The lowest BCUT2D eigenvalue weighted by Gasteiger charge is -2.30. The van der Waals surface area contributed by atoms with Gasteiger partial charge in [0.15, 0.2) is 6.61 Å². The van der Waals surface area contributed by atoms with E-state index in [4.69, 9.17) is 4.74 Å². The number of fused-ring (bicyclic) bond motifs is 2. The number of carbonyl (C=O) groups excluding carboxylic acids is 1. The number of para-hydroxylation sites is 2. The first-order valence-electron chi connectivity index (χ1n) is 7.79. The molecule has 0 aromatic heterocycles. The molecular weight excluding hydrogens is 337 g/mol. The molecule has 3 aromatic carbocycles. The van der Waals surface area contributed by atoms with Crippen LogP contribution in [0.15, 0.2) is 82.6 Å². The number of amides is 1. The number of anilines is 2. The summed E-state index contributed by atoms with van der Waals surface area (Å²) in [5, 5.41) is 0. The van der Waals surface area contributed by atoms with Crippen LogP contribution in [0.5, 0.6) is 5.75 Å². The second-order valence-corrected chi connectivity index (χ2v) is 6.59. The van der Waals surface area contributed by atoms with E-state index >= 15 is 0 Å². The number of hydrogen-bond donors (Lipinski definition) is 0. The van der Waals surface area contributed by atoms with Crippen LogP contribution in [0.1, 0.15) is 0 Å². The molecule has 0 radical (unpaired) electrons. The smallest absolute Gasteiger partial charge is 0.269 e. The summed E-state index contributed by atoms with van der Waals surface area (Å²) in [6, 6.07) is 21.2. The van der Waals surface area contributed by atoms with E-state index in [0.717, 1.165) is 21.2 Å². The minimum absolute atomic E-state index is 0.126. The summed E-state index contributed by atoms with van der Waals surface area (Å²) >= 11 is 1.64. The predicted octanol–water partition coefficient (Wildman–Crippen LogP) is 5.03. The first kappa shape index (κ1) is 15.7. The molecular formula is C20H14FNO2S. The van der Waals surface area contributed by atoms with Crippen molar-refractivity contribution in [2.75, 3.05) is 11.5 Å². The summed E-state index contributed by atoms with van der Waals surface area (Å²) in [6.45, 7) is -0.126. The largest absolute Gasteiger partial charge is 0.484 e. The zero-order valence-electron chi connectivity index (χ0n) is 13.2. The van der Waals surface area contributed by atoms with Crippen LogP contribution in [-0.2, 0) is 4.79 Å². The highest BCUT2D eigenvalue weighted by Gasteiger charge is 2.27. The van der Waals surface area contributed by atoms with Gasteiger partial charge < -0.3 is 4.74 Å². The second-order valence-electron chi connectivity index (χ2n) is 5.51. The Morgan fingerprint density at radius 3 is 2.04 bits per heavy atom. The lowest BCUT2D eigenvalue weighted by Crippen LogP contribution is -2.32. The summed E-state index contributed by atoms with van der Waals surface area (Å²) in [5.74, 6) is -0.0539. The number of ether oxygens (including phenoxy) is 1. The Kier molecular flexibility index (Phi) is 4.15. The minimum atomic E-state index is -0.338. The van der Waals surface area contributed by atoms with E-state index in [9.17, 15) is 9.18 Å². The third kappa shape index (κ3) is 3.10. The molecule has 124 valence electrons. The first-order chi connectivity index (χ1) is 12.2. The van der Waals surface area contributed by atoms with Crippen molar-refractivity contribution in [2.24, 2.45) is 0 Å². The van der Waals surface area contributed by atoms with Crippen molar-refractivity contribution in [3.63, 3.8) is 0 Å². The highest BCUT2D eigenvalue weighted by Crippen LogP contribution is 2.47. The number of halogens is 1. The van der Waals surface area contributed by atoms with Crippen molar-refractivity contribution >= 4 is 29.0 Å². The van der Waals surface area contributed by atoms with Crippen molar-refractivity contribution in [3.05, 3.63) is 78.6 Å². The van der Waals surface area contributed by atoms with Crippen molar-refractivity contribution in [3.8, 4) is 5.75 Å². The molecule has 3 nitrogen and oxygen atoms in total. The Morgan fingerprint density at radius 1 is 0.880 bits per heavy atom. The zero-order valence-corrected chi connectivity index (χ0v) is 14.0. The fourth-order valence-electron chi connectivity index (χ4n) is 2.71. The highest BCUT2D eigenvalue weighted by molar-refractivity contribution is 7.99. The average molecular weight is 351 g/mol. The standard InChI is InChI=1S/C20H14FNO2S/c21-14-9-11-15(12-10-14)24-13-20(23)22-16-5-1-3-7-18(16)25-19-8-4-2-6-17(19)22/h1-12H,13H2. The third-order valence-corrected chi connectivity index (χ3v) is 4.99. The lowest BCUT2D eigenvalue weighted by molar-refractivity contribution is -0.119. The monoisotopic (exact) mass is 351 g/mol. The van der Waals surface area contributed by atoms with Gasteiger partial charge in [-0.2, -0.15) is 0 Å². The first-order valence-corrected chi connectivity index (χ1v) is 8.61. The molecule has 0 atom stereocenters. The molecule has 3 aromatic rings. The highest BCUT2D eigenvalue weighted by atomic mass is 32.2. The van der Waals surface area contributed by atoms with Crippen LogP contribution in [0.25, 0.3) is 0 Å². The third-order valence-electron chi connectivity index (χ3n) is 3.86. The van der Waals surface area contributed by atoms with Crippen LogP contribution in [0.4, 0.5) is 15.8 Å². The molecule has 0 saturated heterocycles. The molecule has 5 heteroatoms. The van der Waals surface area contributed by atoms with Crippen LogP contribution in [0.2, 0.25) is 0 Å². The van der Waals surface area contributed by atoms with Crippen LogP contribution in [-0.4, -0.2) is 12.5 Å². The molecule has 0 unspecified atom stereocenters. The molecule has 1 heterocycles. The van der Waals surface area contributed by atoms with Gasteiger partial charge in [-0.15, -0.1) is 0 Å². The Hall–Kier alpha value is -2.79. The van der Waals surface area contributed by atoms with Gasteiger partial charge >= 0.3 is 0 Å². The van der Waals surface area contributed by atoms with Gasteiger partial charge in [-0.3, -0.25) is 9.69 Å². The number of carbonyl (C=O) groups is 1. The predicted molar refractivity (Wildman–Crippen MR) is 96.0 cm³/mol. The van der Waals surface area contributed by atoms with E-state index in [1.165, 1.54) is 24.3 Å².